The van der Waals surface area contributed by atoms with Crippen LogP contribution in [0.15, 0.2) is 12.1 Å². The Hall–Kier alpha value is -1.26. The number of rotatable bonds is 3. The molecule has 1 aromatic rings. The zero-order valence-corrected chi connectivity index (χ0v) is 9.95. The minimum absolute atomic E-state index is 0.0799. The van der Waals surface area contributed by atoms with E-state index in [1.165, 1.54) is 0 Å². The summed E-state index contributed by atoms with van der Waals surface area (Å²) < 4.78 is 0. The zero-order valence-electron chi connectivity index (χ0n) is 9.95. The third-order valence-electron chi connectivity index (χ3n) is 2.52. The predicted molar refractivity (Wildman–Crippen MR) is 62.3 cm³/mol. The highest BCUT2D eigenvalue weighted by Crippen LogP contribution is 2.35. The maximum Gasteiger partial charge on any atom is 0.160 e. The maximum atomic E-state index is 9.67. The molecule has 0 saturated heterocycles. The molecule has 0 radical (unpaired) electrons. The van der Waals surface area contributed by atoms with Crippen molar-refractivity contribution in [2.45, 2.75) is 32.6 Å². The van der Waals surface area contributed by atoms with Gasteiger partial charge >= 0.3 is 0 Å². The van der Waals surface area contributed by atoms with Gasteiger partial charge in [-0.2, -0.15) is 0 Å². The molecule has 4 heteroatoms. The molecule has 0 bridgehead atoms. The summed E-state index contributed by atoms with van der Waals surface area (Å²) >= 11 is 0. The molecule has 0 saturated carbocycles. The van der Waals surface area contributed by atoms with Crippen molar-refractivity contribution < 1.29 is 15.1 Å². The van der Waals surface area contributed by atoms with Crippen LogP contribution < -0.4 is 5.90 Å². The quantitative estimate of drug-likeness (QED) is 0.542. The van der Waals surface area contributed by atoms with Gasteiger partial charge in [-0.05, 0) is 17.0 Å². The second-order valence-electron chi connectivity index (χ2n) is 4.87. The molecule has 0 heterocycles. The Bertz CT molecular complexity index is 369. The molecule has 0 fully saturated rings. The second-order valence-corrected chi connectivity index (χ2v) is 4.87. The van der Waals surface area contributed by atoms with E-state index in [9.17, 15) is 10.2 Å². The zero-order chi connectivity index (χ0) is 12.3. The van der Waals surface area contributed by atoms with Crippen LogP contribution in [0.3, 0.4) is 0 Å². The summed E-state index contributed by atoms with van der Waals surface area (Å²) in [4.78, 5) is 4.47. The molecular weight excluding hydrogens is 206 g/mol. The van der Waals surface area contributed by atoms with Crippen molar-refractivity contribution in [2.75, 3.05) is 6.61 Å². The molecule has 0 aliphatic heterocycles. The van der Waals surface area contributed by atoms with E-state index in [2.05, 4.69) is 4.84 Å². The Morgan fingerprint density at radius 2 is 1.88 bits per heavy atom. The summed E-state index contributed by atoms with van der Waals surface area (Å²) in [5.41, 5.74) is 1.54. The molecule has 4 N–H and O–H groups in total. The van der Waals surface area contributed by atoms with Gasteiger partial charge in [0.15, 0.2) is 11.5 Å². The van der Waals surface area contributed by atoms with E-state index in [1.54, 1.807) is 6.07 Å². The Morgan fingerprint density at radius 1 is 1.25 bits per heavy atom. The molecule has 0 aliphatic carbocycles. The van der Waals surface area contributed by atoms with Crippen LogP contribution in [0.2, 0.25) is 0 Å². The molecule has 90 valence electrons. The molecule has 1 rings (SSSR count). The predicted octanol–water partition coefficient (Wildman–Crippen LogP) is 1.83. The first kappa shape index (κ1) is 12.8. The highest BCUT2D eigenvalue weighted by atomic mass is 16.6. The minimum Gasteiger partial charge on any atom is -0.504 e. The number of phenolic OH excluding ortho intramolecular Hbond substituents is 2. The Labute approximate surface area is 95.6 Å². The molecule has 1 aromatic carbocycles. The van der Waals surface area contributed by atoms with Crippen molar-refractivity contribution >= 4 is 0 Å². The van der Waals surface area contributed by atoms with Crippen LogP contribution in [0.4, 0.5) is 0 Å². The lowest BCUT2D eigenvalue weighted by atomic mass is 9.85. The third kappa shape index (κ3) is 2.87. The van der Waals surface area contributed by atoms with Gasteiger partial charge in [0.1, 0.15) is 0 Å². The van der Waals surface area contributed by atoms with Gasteiger partial charge in [-0.3, -0.25) is 0 Å². The van der Waals surface area contributed by atoms with Gasteiger partial charge < -0.3 is 15.1 Å². The largest absolute Gasteiger partial charge is 0.504 e. The molecule has 0 spiro atoms. The average molecular weight is 225 g/mol. The fourth-order valence-electron chi connectivity index (χ4n) is 1.47. The summed E-state index contributed by atoms with van der Waals surface area (Å²) in [5, 5.41) is 19.3. The van der Waals surface area contributed by atoms with Crippen molar-refractivity contribution in [1.82, 2.24) is 0 Å². The fourth-order valence-corrected chi connectivity index (χ4v) is 1.47. The Morgan fingerprint density at radius 3 is 2.38 bits per heavy atom. The smallest absolute Gasteiger partial charge is 0.160 e. The normalized spacial score (nSPS) is 11.8. The third-order valence-corrected chi connectivity index (χ3v) is 2.52. The van der Waals surface area contributed by atoms with Gasteiger partial charge in [0.05, 0.1) is 6.61 Å². The van der Waals surface area contributed by atoms with E-state index in [4.69, 9.17) is 5.90 Å². The van der Waals surface area contributed by atoms with Crippen LogP contribution in [0.5, 0.6) is 11.5 Å². The minimum atomic E-state index is -0.0977. The standard InChI is InChI=1S/C12H19NO3/c1-12(2,3)9-6-8(4-5-16-13)11(15)10(14)7-9/h6-7,14-15H,4-5,13H2,1-3H3. The van der Waals surface area contributed by atoms with E-state index >= 15 is 0 Å². The number of aromatic hydroxyl groups is 2. The highest BCUT2D eigenvalue weighted by Gasteiger charge is 2.18. The first-order valence-corrected chi connectivity index (χ1v) is 5.23. The molecule has 0 aliphatic rings. The van der Waals surface area contributed by atoms with Gasteiger partial charge in [0, 0.05) is 12.0 Å². The first-order chi connectivity index (χ1) is 7.36. The molecule has 0 aromatic heterocycles. The fraction of sp³-hybridized carbons (Fsp3) is 0.500. The summed E-state index contributed by atoms with van der Waals surface area (Å²) in [5.74, 6) is 4.75. The van der Waals surface area contributed by atoms with Gasteiger partial charge in [0.25, 0.3) is 0 Å². The van der Waals surface area contributed by atoms with E-state index in [0.29, 0.717) is 18.6 Å². The number of benzene rings is 1. The van der Waals surface area contributed by atoms with Gasteiger partial charge in [-0.25, -0.2) is 5.90 Å². The van der Waals surface area contributed by atoms with Gasteiger partial charge in [-0.1, -0.05) is 26.8 Å². The molecule has 4 nitrogen and oxygen atoms in total. The summed E-state index contributed by atoms with van der Waals surface area (Å²) in [6.07, 6.45) is 0.472. The molecule has 16 heavy (non-hydrogen) atoms. The first-order valence-electron chi connectivity index (χ1n) is 5.23. The lowest BCUT2D eigenvalue weighted by Gasteiger charge is -2.21. The van der Waals surface area contributed by atoms with Crippen molar-refractivity contribution in [3.05, 3.63) is 23.3 Å². The van der Waals surface area contributed by atoms with Gasteiger partial charge in [0.2, 0.25) is 0 Å². The average Bonchev–Trinajstić information content (AvgIpc) is 2.18. The lowest BCUT2D eigenvalue weighted by molar-refractivity contribution is 0.140. The van der Waals surface area contributed by atoms with Crippen LogP contribution in [-0.4, -0.2) is 16.8 Å². The second kappa shape index (κ2) is 4.72. The van der Waals surface area contributed by atoms with Crippen LogP contribution in [0.1, 0.15) is 31.9 Å². The molecular formula is C12H19NO3. The monoisotopic (exact) mass is 225 g/mol. The number of hydrogen-bond acceptors (Lipinski definition) is 4. The van der Waals surface area contributed by atoms with Crippen molar-refractivity contribution in [3.63, 3.8) is 0 Å². The van der Waals surface area contributed by atoms with Crippen LogP contribution in [0.25, 0.3) is 0 Å². The van der Waals surface area contributed by atoms with Crippen molar-refractivity contribution in [2.24, 2.45) is 5.90 Å². The SMILES string of the molecule is CC(C)(C)c1cc(O)c(O)c(CCON)c1. The summed E-state index contributed by atoms with van der Waals surface area (Å²) in [6.45, 7) is 6.44. The Kier molecular flexibility index (Phi) is 3.78. The van der Waals surface area contributed by atoms with E-state index in [1.807, 2.05) is 26.8 Å². The van der Waals surface area contributed by atoms with Crippen LogP contribution in [-0.2, 0) is 16.7 Å². The van der Waals surface area contributed by atoms with Crippen LogP contribution >= 0.6 is 0 Å². The van der Waals surface area contributed by atoms with Gasteiger partial charge in [-0.15, -0.1) is 0 Å². The van der Waals surface area contributed by atoms with E-state index in [0.717, 1.165) is 5.56 Å². The van der Waals surface area contributed by atoms with E-state index in [-0.39, 0.29) is 16.9 Å². The molecule has 0 amide bonds. The summed E-state index contributed by atoms with van der Waals surface area (Å²) in [7, 11) is 0. The molecule has 0 atom stereocenters. The molecule has 0 unspecified atom stereocenters. The van der Waals surface area contributed by atoms with E-state index < -0.39 is 0 Å². The number of hydrogen-bond donors (Lipinski definition) is 3. The number of nitrogens with two attached hydrogens (primary N) is 1. The van der Waals surface area contributed by atoms with Crippen molar-refractivity contribution in [1.29, 1.82) is 0 Å². The highest BCUT2D eigenvalue weighted by molar-refractivity contribution is 5.49. The van der Waals surface area contributed by atoms with Crippen molar-refractivity contribution in [3.8, 4) is 11.5 Å². The van der Waals surface area contributed by atoms with Crippen LogP contribution in [0, 0.1) is 0 Å². The number of phenols is 2. The lowest BCUT2D eigenvalue weighted by Crippen LogP contribution is -2.12. The summed E-state index contributed by atoms with van der Waals surface area (Å²) in [6, 6.07) is 3.45. The topological polar surface area (TPSA) is 75.7 Å². The maximum absolute atomic E-state index is 9.67. The Balaban J connectivity index is 3.12.